The molecule has 45 heavy (non-hydrogen) atoms. The van der Waals surface area contributed by atoms with E-state index < -0.39 is 46.3 Å². The number of benzene rings is 1. The number of methoxy groups -OCH3 is 1. The predicted octanol–water partition coefficient (Wildman–Crippen LogP) is 7.80. The van der Waals surface area contributed by atoms with Crippen LogP contribution in [-0.2, 0) is 39.3 Å². The first-order chi connectivity index (χ1) is 20.9. The molecule has 258 valence electrons. The van der Waals surface area contributed by atoms with E-state index in [4.69, 9.17) is 27.8 Å². The van der Waals surface area contributed by atoms with Gasteiger partial charge in [-0.15, -0.1) is 0 Å². The fourth-order valence-corrected chi connectivity index (χ4v) is 10.3. The van der Waals surface area contributed by atoms with Crippen molar-refractivity contribution in [2.45, 2.75) is 136 Å². The van der Waals surface area contributed by atoms with Crippen LogP contribution in [-0.4, -0.2) is 73.1 Å². The Balaban J connectivity index is 2.48. The molecule has 0 saturated carbocycles. The number of ether oxygens (including phenoxy) is 4. The zero-order valence-corrected chi connectivity index (χ0v) is 32.4. The molecule has 1 saturated heterocycles. The van der Waals surface area contributed by atoms with Crippen LogP contribution in [0, 0.1) is 17.8 Å². The summed E-state index contributed by atoms with van der Waals surface area (Å²) in [4.78, 5) is 24.7. The topological polar surface area (TPSA) is 92.8 Å². The first kappa shape index (κ1) is 39.6. The van der Waals surface area contributed by atoms with Gasteiger partial charge in [0.05, 0.1) is 45.2 Å². The lowest BCUT2D eigenvalue weighted by molar-refractivity contribution is -0.147. The molecule has 0 radical (unpaired) electrons. The summed E-state index contributed by atoms with van der Waals surface area (Å²) in [5, 5.41) is -0.0769. The van der Waals surface area contributed by atoms with Crippen molar-refractivity contribution in [2.24, 2.45) is 17.8 Å². The summed E-state index contributed by atoms with van der Waals surface area (Å²) in [7, 11) is -2.88. The van der Waals surface area contributed by atoms with Crippen molar-refractivity contribution in [1.29, 1.82) is 0 Å². The molecule has 7 atom stereocenters. The van der Waals surface area contributed by atoms with E-state index in [1.165, 1.54) is 6.92 Å². The molecule has 0 aromatic heterocycles. The van der Waals surface area contributed by atoms with Gasteiger partial charge in [-0.25, -0.2) is 0 Å². The SMILES string of the molecule is CC[Si](CC)(CC)O[C@@H]([C@H](COC(C)=O)[C@H](O[Si](C)(C)C(C)(C)C)[C@@]1(C)O[C@@H]1[C@@H](C)COCc1ccc(OC)cc1)[C@H](C)C=O. The third kappa shape index (κ3) is 10.2. The minimum absolute atomic E-state index is 0.0754. The summed E-state index contributed by atoms with van der Waals surface area (Å²) in [5.74, 6) is -0.298. The Bertz CT molecular complexity index is 1060. The largest absolute Gasteiger partial charge is 0.497 e. The van der Waals surface area contributed by atoms with Crippen LogP contribution in [0.2, 0.25) is 36.3 Å². The standard InChI is InChI=1S/C35H62O8Si2/c1-14-45(15-2,16-3)42-31(25(4)21-36)30(24-40-27(6)37)33(43-44(12,13)34(7,8)9)35(10)32(41-35)26(5)22-39-23-28-17-19-29(38-11)20-18-28/h17-21,25-26,30-33H,14-16,22-24H2,1-13H3/t25-,26+,30+,31-,32-,33+,35+/m1/s1. The molecule has 0 unspecified atom stereocenters. The van der Waals surface area contributed by atoms with Crippen LogP contribution < -0.4 is 4.74 Å². The van der Waals surface area contributed by atoms with Gasteiger partial charge in [0.15, 0.2) is 16.6 Å². The van der Waals surface area contributed by atoms with Crippen molar-refractivity contribution >= 4 is 28.9 Å². The Hall–Kier alpha value is -1.57. The summed E-state index contributed by atoms with van der Waals surface area (Å²) in [6.07, 6.45) is -0.110. The molecular formula is C35H62O8Si2. The Morgan fingerprint density at radius 3 is 2.07 bits per heavy atom. The molecule has 1 aromatic rings. The van der Waals surface area contributed by atoms with Gasteiger partial charge in [-0.05, 0) is 60.9 Å². The second kappa shape index (κ2) is 16.5. The molecule has 8 nitrogen and oxygen atoms in total. The summed E-state index contributed by atoms with van der Waals surface area (Å²) in [6, 6.07) is 10.7. The second-order valence-corrected chi connectivity index (χ2v) is 24.1. The van der Waals surface area contributed by atoms with Crippen molar-refractivity contribution in [3.63, 3.8) is 0 Å². The van der Waals surface area contributed by atoms with Gasteiger partial charge in [0.2, 0.25) is 0 Å². The third-order valence-electron chi connectivity index (χ3n) is 10.3. The highest BCUT2D eigenvalue weighted by Gasteiger charge is 2.64. The summed E-state index contributed by atoms with van der Waals surface area (Å²) in [6.45, 7) is 26.3. The maximum Gasteiger partial charge on any atom is 0.302 e. The lowest BCUT2D eigenvalue weighted by Gasteiger charge is -2.46. The quantitative estimate of drug-likeness (QED) is 0.0603. The Kier molecular flexibility index (Phi) is 14.5. The third-order valence-corrected chi connectivity index (χ3v) is 19.4. The summed E-state index contributed by atoms with van der Waals surface area (Å²) >= 11 is 0. The number of hydrogen-bond donors (Lipinski definition) is 0. The van der Waals surface area contributed by atoms with Gasteiger partial charge in [0.25, 0.3) is 0 Å². The van der Waals surface area contributed by atoms with Crippen molar-refractivity contribution in [3.8, 4) is 5.75 Å². The normalized spacial score (nSPS) is 22.2. The van der Waals surface area contributed by atoms with E-state index in [2.05, 4.69) is 68.5 Å². The van der Waals surface area contributed by atoms with Gasteiger partial charge in [0, 0.05) is 24.7 Å². The molecule has 0 N–H and O–H groups in total. The fourth-order valence-electron chi connectivity index (χ4n) is 5.96. The molecule has 1 heterocycles. The molecule has 10 heteroatoms. The smallest absolute Gasteiger partial charge is 0.302 e. The number of carbonyl (C=O) groups is 2. The molecule has 0 bridgehead atoms. The van der Waals surface area contributed by atoms with E-state index in [9.17, 15) is 9.59 Å². The van der Waals surface area contributed by atoms with Gasteiger partial charge in [-0.1, -0.05) is 67.5 Å². The number of esters is 1. The lowest BCUT2D eigenvalue weighted by Crippen LogP contribution is -2.57. The monoisotopic (exact) mass is 666 g/mol. The van der Waals surface area contributed by atoms with Gasteiger partial charge in [0.1, 0.15) is 17.6 Å². The first-order valence-electron chi connectivity index (χ1n) is 16.8. The van der Waals surface area contributed by atoms with Crippen molar-refractivity contribution < 1.29 is 37.4 Å². The first-order valence-corrected chi connectivity index (χ1v) is 22.2. The number of rotatable bonds is 20. The zero-order chi connectivity index (χ0) is 34.2. The minimum Gasteiger partial charge on any atom is -0.497 e. The van der Waals surface area contributed by atoms with E-state index in [0.717, 1.165) is 35.7 Å². The number of aldehydes is 1. The molecule has 0 amide bonds. The van der Waals surface area contributed by atoms with Crippen LogP contribution in [0.5, 0.6) is 5.75 Å². The maximum atomic E-state index is 12.5. The van der Waals surface area contributed by atoms with E-state index in [-0.39, 0.29) is 29.6 Å². The summed E-state index contributed by atoms with van der Waals surface area (Å²) < 4.78 is 38.2. The molecule has 0 spiro atoms. The summed E-state index contributed by atoms with van der Waals surface area (Å²) in [5.41, 5.74) is 0.392. The van der Waals surface area contributed by atoms with E-state index >= 15 is 0 Å². The van der Waals surface area contributed by atoms with Gasteiger partial charge in [-0.3, -0.25) is 4.79 Å². The fraction of sp³-hybridized carbons (Fsp3) is 0.771. The molecule has 1 fully saturated rings. The lowest BCUT2D eigenvalue weighted by atomic mass is 9.80. The van der Waals surface area contributed by atoms with Crippen molar-refractivity contribution in [1.82, 2.24) is 0 Å². The molecular weight excluding hydrogens is 605 g/mol. The maximum absolute atomic E-state index is 12.5. The average molecular weight is 667 g/mol. The van der Waals surface area contributed by atoms with Crippen LogP contribution in [0.1, 0.15) is 74.8 Å². The van der Waals surface area contributed by atoms with Crippen LogP contribution in [0.4, 0.5) is 0 Å². The zero-order valence-electron chi connectivity index (χ0n) is 30.4. The van der Waals surface area contributed by atoms with Crippen molar-refractivity contribution in [2.75, 3.05) is 20.3 Å². The van der Waals surface area contributed by atoms with Gasteiger partial charge < -0.3 is 32.6 Å². The van der Waals surface area contributed by atoms with E-state index in [1.807, 2.05) is 31.2 Å². The highest BCUT2D eigenvalue weighted by atomic mass is 28.4. The molecule has 1 aliphatic rings. The average Bonchev–Trinajstić information content (AvgIpc) is 3.70. The number of epoxide rings is 1. The Morgan fingerprint density at radius 2 is 1.60 bits per heavy atom. The van der Waals surface area contributed by atoms with E-state index in [0.29, 0.717) is 13.2 Å². The minimum atomic E-state index is -2.37. The van der Waals surface area contributed by atoms with Crippen LogP contribution in [0.15, 0.2) is 24.3 Å². The van der Waals surface area contributed by atoms with E-state index in [1.54, 1.807) is 7.11 Å². The van der Waals surface area contributed by atoms with Crippen LogP contribution in [0.3, 0.4) is 0 Å². The molecule has 1 aliphatic heterocycles. The Labute approximate surface area is 275 Å². The highest BCUT2D eigenvalue weighted by Crippen LogP contribution is 2.51. The number of carbonyl (C=O) groups excluding carboxylic acids is 2. The predicted molar refractivity (Wildman–Crippen MR) is 185 cm³/mol. The highest BCUT2D eigenvalue weighted by molar-refractivity contribution is 6.74. The van der Waals surface area contributed by atoms with Crippen LogP contribution in [0.25, 0.3) is 0 Å². The molecule has 1 aromatic carbocycles. The van der Waals surface area contributed by atoms with Crippen molar-refractivity contribution in [3.05, 3.63) is 29.8 Å². The molecule has 2 rings (SSSR count). The van der Waals surface area contributed by atoms with Crippen LogP contribution >= 0.6 is 0 Å². The Morgan fingerprint density at radius 1 is 1.02 bits per heavy atom. The van der Waals surface area contributed by atoms with Gasteiger partial charge in [-0.2, -0.15) is 0 Å². The van der Waals surface area contributed by atoms with Gasteiger partial charge >= 0.3 is 5.97 Å². The second-order valence-electron chi connectivity index (χ2n) is 14.6. The number of hydrogen-bond acceptors (Lipinski definition) is 8. The molecule has 0 aliphatic carbocycles.